The van der Waals surface area contributed by atoms with Crippen molar-refractivity contribution in [3.05, 3.63) is 30.0 Å². The Morgan fingerprint density at radius 3 is 3.13 bits per heavy atom. The summed E-state index contributed by atoms with van der Waals surface area (Å²) in [5, 5.41) is 16.3. The summed E-state index contributed by atoms with van der Waals surface area (Å²) in [6.07, 6.45) is 5.98. The number of hydrogen-bond acceptors (Lipinski definition) is 6. The lowest BCUT2D eigenvalue weighted by Crippen LogP contribution is -2.27. The molecule has 0 bridgehead atoms. The maximum atomic E-state index is 9.21. The summed E-state index contributed by atoms with van der Waals surface area (Å²) in [7, 11) is 0. The number of aromatic amines is 1. The molecular weight excluding hydrogens is 310 g/mol. The SMILES string of the molecule is Cc1[nH]ncc1-c1cc2nc(C3CCCN3CCO)ncc2s1. The molecule has 4 heterocycles. The Morgan fingerprint density at radius 2 is 2.35 bits per heavy atom. The number of aromatic nitrogens is 4. The Morgan fingerprint density at radius 1 is 1.43 bits per heavy atom. The number of nitrogens with one attached hydrogen (secondary N) is 1. The van der Waals surface area contributed by atoms with Crippen LogP contribution >= 0.6 is 11.3 Å². The lowest BCUT2D eigenvalue weighted by atomic mass is 10.2. The summed E-state index contributed by atoms with van der Waals surface area (Å²) in [5.74, 6) is 0.872. The van der Waals surface area contributed by atoms with Crippen LogP contribution in [0.15, 0.2) is 18.5 Å². The van der Waals surface area contributed by atoms with Crippen LogP contribution in [0.25, 0.3) is 20.7 Å². The van der Waals surface area contributed by atoms with Gasteiger partial charge in [-0.2, -0.15) is 5.10 Å². The van der Waals surface area contributed by atoms with E-state index in [1.165, 1.54) is 0 Å². The van der Waals surface area contributed by atoms with Crippen LogP contribution in [0.1, 0.15) is 30.4 Å². The molecule has 1 aliphatic rings. The van der Waals surface area contributed by atoms with E-state index in [4.69, 9.17) is 4.98 Å². The standard InChI is InChI=1S/C16H19N5OS/c1-10-11(8-18-20-10)14-7-12-15(23-14)9-17-16(19-12)13-3-2-4-21(13)5-6-22/h7-9,13,22H,2-6H2,1H3,(H,18,20). The quantitative estimate of drug-likeness (QED) is 0.769. The van der Waals surface area contributed by atoms with Crippen molar-refractivity contribution in [2.24, 2.45) is 0 Å². The minimum Gasteiger partial charge on any atom is -0.395 e. The molecule has 1 fully saturated rings. The summed E-state index contributed by atoms with van der Waals surface area (Å²) in [5.41, 5.74) is 3.18. The van der Waals surface area contributed by atoms with Crippen molar-refractivity contribution >= 4 is 21.6 Å². The molecule has 23 heavy (non-hydrogen) atoms. The van der Waals surface area contributed by atoms with Crippen molar-refractivity contribution in [1.29, 1.82) is 0 Å². The third-order valence-corrected chi connectivity index (χ3v) is 5.53. The van der Waals surface area contributed by atoms with Crippen LogP contribution in [-0.4, -0.2) is 49.9 Å². The zero-order valence-electron chi connectivity index (χ0n) is 13.0. The fourth-order valence-corrected chi connectivity index (χ4v) is 4.30. The number of nitrogens with zero attached hydrogens (tertiary/aromatic N) is 4. The molecule has 0 spiro atoms. The van der Waals surface area contributed by atoms with Crippen LogP contribution in [0.3, 0.4) is 0 Å². The number of rotatable bonds is 4. The van der Waals surface area contributed by atoms with E-state index < -0.39 is 0 Å². The van der Waals surface area contributed by atoms with E-state index in [-0.39, 0.29) is 12.6 Å². The highest BCUT2D eigenvalue weighted by Gasteiger charge is 2.28. The first-order valence-electron chi connectivity index (χ1n) is 7.88. The summed E-state index contributed by atoms with van der Waals surface area (Å²) in [4.78, 5) is 12.8. The minimum atomic E-state index is 0.182. The van der Waals surface area contributed by atoms with Crippen LogP contribution in [0.2, 0.25) is 0 Å². The lowest BCUT2D eigenvalue weighted by molar-refractivity contribution is 0.181. The predicted molar refractivity (Wildman–Crippen MR) is 90.4 cm³/mol. The molecule has 4 rings (SSSR count). The van der Waals surface area contributed by atoms with Crippen molar-refractivity contribution in [3.8, 4) is 10.4 Å². The zero-order chi connectivity index (χ0) is 15.8. The maximum absolute atomic E-state index is 9.21. The molecule has 1 saturated heterocycles. The number of aliphatic hydroxyl groups excluding tert-OH is 1. The monoisotopic (exact) mass is 329 g/mol. The molecule has 3 aromatic heterocycles. The van der Waals surface area contributed by atoms with Crippen molar-refractivity contribution in [2.45, 2.75) is 25.8 Å². The van der Waals surface area contributed by atoms with Crippen LogP contribution in [0.5, 0.6) is 0 Å². The van der Waals surface area contributed by atoms with Crippen LogP contribution < -0.4 is 0 Å². The molecule has 120 valence electrons. The first-order valence-corrected chi connectivity index (χ1v) is 8.69. The van der Waals surface area contributed by atoms with Gasteiger partial charge in [-0.25, -0.2) is 9.97 Å². The van der Waals surface area contributed by atoms with Gasteiger partial charge in [-0.3, -0.25) is 10.00 Å². The summed E-state index contributed by atoms with van der Waals surface area (Å²) in [6.45, 7) is 3.90. The van der Waals surface area contributed by atoms with Gasteiger partial charge < -0.3 is 5.11 Å². The highest BCUT2D eigenvalue weighted by molar-refractivity contribution is 7.22. The molecule has 0 saturated carbocycles. The van der Waals surface area contributed by atoms with Crippen molar-refractivity contribution in [3.63, 3.8) is 0 Å². The van der Waals surface area contributed by atoms with Crippen molar-refractivity contribution in [1.82, 2.24) is 25.1 Å². The maximum Gasteiger partial charge on any atom is 0.146 e. The molecule has 0 aromatic carbocycles. The summed E-state index contributed by atoms with van der Waals surface area (Å²) < 4.78 is 1.09. The third-order valence-electron chi connectivity index (χ3n) is 4.43. The average molecular weight is 329 g/mol. The van der Waals surface area contributed by atoms with Crippen LogP contribution in [0.4, 0.5) is 0 Å². The number of aryl methyl sites for hydroxylation is 1. The molecule has 0 aliphatic carbocycles. The Kier molecular flexibility index (Phi) is 3.84. The van der Waals surface area contributed by atoms with E-state index in [1.54, 1.807) is 11.3 Å². The first-order chi connectivity index (χ1) is 11.3. The smallest absolute Gasteiger partial charge is 0.146 e. The Balaban J connectivity index is 1.69. The van der Waals surface area contributed by atoms with Gasteiger partial charge >= 0.3 is 0 Å². The van der Waals surface area contributed by atoms with Crippen LogP contribution in [0, 0.1) is 6.92 Å². The summed E-state index contributed by atoms with van der Waals surface area (Å²) >= 11 is 1.69. The van der Waals surface area contributed by atoms with E-state index in [9.17, 15) is 5.11 Å². The largest absolute Gasteiger partial charge is 0.395 e. The first kappa shape index (κ1) is 14.7. The van der Waals surface area contributed by atoms with E-state index in [0.29, 0.717) is 6.54 Å². The molecular formula is C16H19N5OS. The molecule has 1 atom stereocenters. The predicted octanol–water partition coefficient (Wildman–Crippen LogP) is 2.52. The van der Waals surface area contributed by atoms with Gasteiger partial charge in [0.05, 0.1) is 29.1 Å². The van der Waals surface area contributed by atoms with Crippen LogP contribution in [-0.2, 0) is 0 Å². The van der Waals surface area contributed by atoms with Gasteiger partial charge in [-0.15, -0.1) is 11.3 Å². The number of aliphatic hydroxyl groups is 1. The fraction of sp³-hybridized carbons (Fsp3) is 0.438. The third kappa shape index (κ3) is 2.65. The molecule has 2 N–H and O–H groups in total. The normalized spacial score (nSPS) is 19.0. The lowest BCUT2D eigenvalue weighted by Gasteiger charge is -2.21. The second-order valence-corrected chi connectivity index (χ2v) is 7.00. The second kappa shape index (κ2) is 5.99. The topological polar surface area (TPSA) is 77.9 Å². The Bertz CT molecular complexity index is 827. The molecule has 0 radical (unpaired) electrons. The summed E-state index contributed by atoms with van der Waals surface area (Å²) in [6, 6.07) is 2.35. The number of likely N-dealkylation sites (tertiary alicyclic amines) is 1. The van der Waals surface area contributed by atoms with Gasteiger partial charge in [0.1, 0.15) is 5.82 Å². The Hall–Kier alpha value is -1.83. The molecule has 6 nitrogen and oxygen atoms in total. The number of fused-ring (bicyclic) bond motifs is 1. The fourth-order valence-electron chi connectivity index (χ4n) is 3.26. The molecule has 3 aromatic rings. The highest BCUT2D eigenvalue weighted by atomic mass is 32.1. The molecule has 1 aliphatic heterocycles. The van der Waals surface area contributed by atoms with Gasteiger partial charge in [0.25, 0.3) is 0 Å². The number of thiophene rings is 1. The van der Waals surface area contributed by atoms with Gasteiger partial charge in [0.2, 0.25) is 0 Å². The van der Waals surface area contributed by atoms with E-state index in [0.717, 1.165) is 51.6 Å². The van der Waals surface area contributed by atoms with E-state index in [1.807, 2.05) is 19.3 Å². The van der Waals surface area contributed by atoms with Gasteiger partial charge in [-0.05, 0) is 32.4 Å². The van der Waals surface area contributed by atoms with E-state index in [2.05, 4.69) is 26.1 Å². The van der Waals surface area contributed by atoms with Gasteiger partial charge in [-0.1, -0.05) is 0 Å². The highest BCUT2D eigenvalue weighted by Crippen LogP contribution is 2.35. The molecule has 1 unspecified atom stereocenters. The number of β-amino-alcohol motifs (C(OH)–C–C–N with tert-alkyl or cyclic N) is 1. The minimum absolute atomic E-state index is 0.182. The Labute approximate surface area is 138 Å². The van der Waals surface area contributed by atoms with Gasteiger partial charge in [0.15, 0.2) is 0 Å². The molecule has 7 heteroatoms. The van der Waals surface area contributed by atoms with Gasteiger partial charge in [0, 0.05) is 28.9 Å². The second-order valence-electron chi connectivity index (χ2n) is 5.91. The van der Waals surface area contributed by atoms with Crippen molar-refractivity contribution in [2.75, 3.05) is 19.7 Å². The molecule has 0 amide bonds. The van der Waals surface area contributed by atoms with E-state index >= 15 is 0 Å². The average Bonchev–Trinajstić information content (AvgIpc) is 3.25. The number of H-pyrrole nitrogens is 1. The zero-order valence-corrected chi connectivity index (χ0v) is 13.8. The van der Waals surface area contributed by atoms with Crippen molar-refractivity contribution < 1.29 is 5.11 Å². The number of hydrogen-bond donors (Lipinski definition) is 2.